The molecule has 32 heavy (non-hydrogen) atoms. The van der Waals surface area contributed by atoms with Crippen molar-refractivity contribution in [2.45, 2.75) is 38.2 Å². The fourth-order valence-corrected chi connectivity index (χ4v) is 5.72. The Hall–Kier alpha value is -2.71. The molecule has 1 fully saturated rings. The number of hydrogen-bond acceptors (Lipinski definition) is 5. The molecular weight excluding hydrogens is 428 g/mol. The van der Waals surface area contributed by atoms with Crippen LogP contribution >= 0.6 is 0 Å². The fraction of sp³-hybridized carbons (Fsp3) is 0.417. The van der Waals surface area contributed by atoms with Crippen LogP contribution in [0.3, 0.4) is 0 Å². The van der Waals surface area contributed by atoms with Crippen LogP contribution in [-0.2, 0) is 19.6 Å². The topological polar surface area (TPSA) is 84.0 Å². The van der Waals surface area contributed by atoms with Crippen LogP contribution in [0.5, 0.6) is 0 Å². The number of rotatable bonds is 6. The van der Waals surface area contributed by atoms with E-state index >= 15 is 0 Å². The molecule has 0 N–H and O–H groups in total. The highest BCUT2D eigenvalue weighted by Gasteiger charge is 2.32. The number of esters is 1. The van der Waals surface area contributed by atoms with Gasteiger partial charge in [0.25, 0.3) is 5.91 Å². The summed E-state index contributed by atoms with van der Waals surface area (Å²) in [6.07, 6.45) is 0.0140. The van der Waals surface area contributed by atoms with Gasteiger partial charge in [0.1, 0.15) is 0 Å². The van der Waals surface area contributed by atoms with Crippen molar-refractivity contribution in [1.82, 2.24) is 4.31 Å². The van der Waals surface area contributed by atoms with E-state index in [-0.39, 0.29) is 16.4 Å². The monoisotopic (exact) mass is 458 g/mol. The number of likely N-dealkylation sites (N-methyl/N-ethyl adjacent to an activating group) is 1. The number of nitrogens with zero attached hydrogens (tertiary/aromatic N) is 2. The van der Waals surface area contributed by atoms with Crippen molar-refractivity contribution in [3.05, 3.63) is 60.2 Å². The van der Waals surface area contributed by atoms with Crippen molar-refractivity contribution >= 4 is 27.6 Å². The lowest BCUT2D eigenvalue weighted by atomic mass is 9.94. The smallest absolute Gasteiger partial charge is 0.338 e. The molecule has 3 rings (SSSR count). The Morgan fingerprint density at radius 3 is 2.12 bits per heavy atom. The molecular formula is C24H30N2O5S. The van der Waals surface area contributed by atoms with Crippen LogP contribution in [0, 0.1) is 11.8 Å². The summed E-state index contributed by atoms with van der Waals surface area (Å²) in [5.41, 5.74) is 0.877. The van der Waals surface area contributed by atoms with Gasteiger partial charge >= 0.3 is 5.97 Å². The van der Waals surface area contributed by atoms with Gasteiger partial charge in [-0.05, 0) is 61.6 Å². The van der Waals surface area contributed by atoms with Crippen LogP contribution < -0.4 is 4.90 Å². The zero-order chi connectivity index (χ0) is 23.5. The number of amides is 1. The van der Waals surface area contributed by atoms with E-state index in [0.29, 0.717) is 30.6 Å². The Morgan fingerprint density at radius 2 is 1.56 bits per heavy atom. The Morgan fingerprint density at radius 1 is 1.00 bits per heavy atom. The minimum Gasteiger partial charge on any atom is -0.449 e. The molecule has 0 bridgehead atoms. The van der Waals surface area contributed by atoms with Gasteiger partial charge in [-0.25, -0.2) is 13.2 Å². The largest absolute Gasteiger partial charge is 0.449 e. The molecule has 0 aliphatic carbocycles. The maximum Gasteiger partial charge on any atom is 0.338 e. The van der Waals surface area contributed by atoms with Gasteiger partial charge in [0.05, 0.1) is 10.5 Å². The van der Waals surface area contributed by atoms with Gasteiger partial charge in [-0.15, -0.1) is 0 Å². The summed E-state index contributed by atoms with van der Waals surface area (Å²) in [5.74, 6) is -0.444. The lowest BCUT2D eigenvalue weighted by molar-refractivity contribution is -0.126. The van der Waals surface area contributed by atoms with E-state index in [9.17, 15) is 18.0 Å². The van der Waals surface area contributed by atoms with Gasteiger partial charge in [-0.2, -0.15) is 4.31 Å². The molecule has 2 aromatic carbocycles. The molecule has 1 saturated heterocycles. The number of carbonyl (C=O) groups excluding carboxylic acids is 2. The van der Waals surface area contributed by atoms with E-state index in [4.69, 9.17) is 4.74 Å². The van der Waals surface area contributed by atoms with E-state index in [1.807, 2.05) is 18.2 Å². The standard InChI is InChI=1S/C24H30N2O5S/c1-17-14-18(2)16-26(15-17)32(29,30)22-12-10-20(11-13-22)24(28)31-19(3)23(27)25(4)21-8-6-5-7-9-21/h5-13,17-19H,14-16H2,1-4H3/t17-,18+,19-/m1/s1. The third-order valence-electron chi connectivity index (χ3n) is 5.67. The number of carbonyl (C=O) groups is 2. The van der Waals surface area contributed by atoms with Gasteiger partial charge in [-0.3, -0.25) is 4.79 Å². The normalized spacial score (nSPS) is 20.4. The van der Waals surface area contributed by atoms with Gasteiger partial charge in [-0.1, -0.05) is 32.0 Å². The highest BCUT2D eigenvalue weighted by Crippen LogP contribution is 2.27. The van der Waals surface area contributed by atoms with Crippen LogP contribution in [0.4, 0.5) is 5.69 Å². The van der Waals surface area contributed by atoms with Crippen molar-refractivity contribution in [1.29, 1.82) is 0 Å². The summed E-state index contributed by atoms with van der Waals surface area (Å²) < 4.78 is 32.8. The van der Waals surface area contributed by atoms with Gasteiger partial charge < -0.3 is 9.64 Å². The average Bonchev–Trinajstić information content (AvgIpc) is 2.78. The van der Waals surface area contributed by atoms with Crippen molar-refractivity contribution < 1.29 is 22.7 Å². The third kappa shape index (κ3) is 5.37. The second-order valence-electron chi connectivity index (χ2n) is 8.57. The zero-order valence-corrected chi connectivity index (χ0v) is 19.7. The first-order valence-electron chi connectivity index (χ1n) is 10.7. The van der Waals surface area contributed by atoms with Crippen molar-refractivity contribution in [3.8, 4) is 0 Å². The van der Waals surface area contributed by atoms with E-state index in [0.717, 1.165) is 6.42 Å². The van der Waals surface area contributed by atoms with Crippen molar-refractivity contribution in [3.63, 3.8) is 0 Å². The molecule has 1 aliphatic rings. The number of para-hydroxylation sites is 1. The molecule has 7 nitrogen and oxygen atoms in total. The third-order valence-corrected chi connectivity index (χ3v) is 7.51. The molecule has 1 amide bonds. The molecule has 8 heteroatoms. The summed E-state index contributed by atoms with van der Waals surface area (Å²) in [5, 5.41) is 0. The number of sulfonamides is 1. The molecule has 2 aromatic rings. The highest BCUT2D eigenvalue weighted by molar-refractivity contribution is 7.89. The lowest BCUT2D eigenvalue weighted by Crippen LogP contribution is -2.42. The quantitative estimate of drug-likeness (QED) is 0.618. The number of anilines is 1. The summed E-state index contributed by atoms with van der Waals surface area (Å²) in [7, 11) is -2.01. The predicted octanol–water partition coefficient (Wildman–Crippen LogP) is 3.56. The SMILES string of the molecule is C[C@@H]1C[C@H](C)CN(S(=O)(=O)c2ccc(C(=O)O[C@H](C)C(=O)N(C)c3ccccc3)cc2)C1. The predicted molar refractivity (Wildman–Crippen MR) is 123 cm³/mol. The van der Waals surface area contributed by atoms with Gasteiger partial charge in [0, 0.05) is 25.8 Å². The summed E-state index contributed by atoms with van der Waals surface area (Å²) in [6, 6.07) is 14.7. The molecule has 0 radical (unpaired) electrons. The van der Waals surface area contributed by atoms with Crippen LogP contribution in [-0.4, -0.2) is 50.8 Å². The van der Waals surface area contributed by atoms with Gasteiger partial charge in [0.2, 0.25) is 10.0 Å². The van der Waals surface area contributed by atoms with Gasteiger partial charge in [0.15, 0.2) is 6.10 Å². The molecule has 3 atom stereocenters. The van der Waals surface area contributed by atoms with E-state index in [1.54, 1.807) is 19.2 Å². The highest BCUT2D eigenvalue weighted by atomic mass is 32.2. The Balaban J connectivity index is 1.66. The molecule has 0 aromatic heterocycles. The number of ether oxygens (including phenoxy) is 1. The van der Waals surface area contributed by atoms with Crippen LogP contribution in [0.1, 0.15) is 37.6 Å². The van der Waals surface area contributed by atoms with Crippen molar-refractivity contribution in [2.24, 2.45) is 11.8 Å². The summed E-state index contributed by atoms with van der Waals surface area (Å²) >= 11 is 0. The minimum atomic E-state index is -3.63. The molecule has 0 unspecified atom stereocenters. The Bertz CT molecular complexity index is 1040. The maximum atomic E-state index is 13.0. The fourth-order valence-electron chi connectivity index (χ4n) is 4.04. The Kier molecular flexibility index (Phi) is 7.36. The zero-order valence-electron chi connectivity index (χ0n) is 18.9. The summed E-state index contributed by atoms with van der Waals surface area (Å²) in [6.45, 7) is 6.59. The van der Waals surface area contributed by atoms with Crippen LogP contribution in [0.15, 0.2) is 59.5 Å². The first kappa shape index (κ1) is 23.9. The number of benzene rings is 2. The number of hydrogen-bond donors (Lipinski definition) is 0. The first-order chi connectivity index (χ1) is 15.1. The first-order valence-corrected chi connectivity index (χ1v) is 12.2. The lowest BCUT2D eigenvalue weighted by Gasteiger charge is -2.34. The molecule has 0 saturated carbocycles. The van der Waals surface area contributed by atoms with E-state index < -0.39 is 22.1 Å². The second kappa shape index (κ2) is 9.83. The number of piperidine rings is 1. The minimum absolute atomic E-state index is 0.142. The molecule has 172 valence electrons. The molecule has 1 heterocycles. The van der Waals surface area contributed by atoms with Crippen LogP contribution in [0.2, 0.25) is 0 Å². The maximum absolute atomic E-state index is 13.0. The Labute approximate surface area is 190 Å². The van der Waals surface area contributed by atoms with Crippen LogP contribution in [0.25, 0.3) is 0 Å². The molecule has 0 spiro atoms. The average molecular weight is 459 g/mol. The van der Waals surface area contributed by atoms with E-state index in [2.05, 4.69) is 13.8 Å². The van der Waals surface area contributed by atoms with E-state index in [1.165, 1.54) is 40.4 Å². The summed E-state index contributed by atoms with van der Waals surface area (Å²) in [4.78, 5) is 26.7. The molecule has 1 aliphatic heterocycles. The van der Waals surface area contributed by atoms with Crippen molar-refractivity contribution in [2.75, 3.05) is 25.0 Å². The second-order valence-corrected chi connectivity index (χ2v) is 10.5.